The molecule has 1 amide bonds. The average molecular weight is 335 g/mol. The minimum Gasteiger partial charge on any atom is -0.326 e. The number of carbonyl (C=O) groups excluding carboxylic acids is 1. The van der Waals surface area contributed by atoms with Crippen LogP contribution < -0.4 is 5.32 Å². The summed E-state index contributed by atoms with van der Waals surface area (Å²) in [6.45, 7) is 0. The highest BCUT2D eigenvalue weighted by molar-refractivity contribution is 7.90. The van der Waals surface area contributed by atoms with Crippen LogP contribution in [0.2, 0.25) is 0 Å². The van der Waals surface area contributed by atoms with Gasteiger partial charge < -0.3 is 5.32 Å². The number of hydrogen-bond donors (Lipinski definition) is 1. The van der Waals surface area contributed by atoms with E-state index in [0.29, 0.717) is 5.69 Å². The van der Waals surface area contributed by atoms with Crippen molar-refractivity contribution in [2.24, 2.45) is 0 Å². The van der Waals surface area contributed by atoms with Crippen LogP contribution in [0.4, 0.5) is 10.1 Å². The Bertz CT molecular complexity index is 743. The smallest absolute Gasteiger partial charge is 0.224 e. The first-order chi connectivity index (χ1) is 10.9. The Morgan fingerprint density at radius 2 is 1.65 bits per heavy atom. The maximum Gasteiger partial charge on any atom is 0.224 e. The van der Waals surface area contributed by atoms with Gasteiger partial charge in [-0.15, -0.1) is 0 Å². The molecule has 4 nitrogen and oxygen atoms in total. The van der Waals surface area contributed by atoms with Crippen LogP contribution in [0.5, 0.6) is 0 Å². The Labute approximate surface area is 135 Å². The van der Waals surface area contributed by atoms with Gasteiger partial charge in [0.05, 0.1) is 11.5 Å². The van der Waals surface area contributed by atoms with Gasteiger partial charge in [0.15, 0.2) is 9.84 Å². The summed E-state index contributed by atoms with van der Waals surface area (Å²) >= 11 is 0. The lowest BCUT2D eigenvalue weighted by Crippen LogP contribution is -2.15. The summed E-state index contributed by atoms with van der Waals surface area (Å²) in [5.74, 6) is -0.729. The summed E-state index contributed by atoms with van der Waals surface area (Å²) in [6.07, 6.45) is 0.355. The second-order valence-corrected chi connectivity index (χ2v) is 7.42. The largest absolute Gasteiger partial charge is 0.326 e. The molecule has 0 saturated carbocycles. The zero-order valence-corrected chi connectivity index (χ0v) is 13.4. The maximum atomic E-state index is 12.8. The van der Waals surface area contributed by atoms with Crippen molar-refractivity contribution in [1.82, 2.24) is 0 Å². The number of hydrogen-bond acceptors (Lipinski definition) is 3. The molecule has 0 aliphatic carbocycles. The summed E-state index contributed by atoms with van der Waals surface area (Å²) in [5, 5.41) is 2.60. The van der Waals surface area contributed by atoms with Gasteiger partial charge in [0, 0.05) is 12.1 Å². The number of carbonyl (C=O) groups is 1. The van der Waals surface area contributed by atoms with E-state index in [1.807, 2.05) is 6.07 Å². The number of anilines is 1. The van der Waals surface area contributed by atoms with E-state index in [2.05, 4.69) is 5.32 Å². The third-order valence-electron chi connectivity index (χ3n) is 3.22. The van der Waals surface area contributed by atoms with Crippen LogP contribution in [0, 0.1) is 5.82 Å². The molecule has 122 valence electrons. The van der Waals surface area contributed by atoms with E-state index in [1.165, 1.54) is 24.3 Å². The van der Waals surface area contributed by atoms with Crippen LogP contribution in [0.3, 0.4) is 0 Å². The number of rotatable bonds is 7. The minimum absolute atomic E-state index is 0.0204. The first-order valence-electron chi connectivity index (χ1n) is 7.24. The summed E-state index contributed by atoms with van der Waals surface area (Å²) in [7, 11) is -3.24. The fraction of sp³-hybridized carbons (Fsp3) is 0.235. The van der Waals surface area contributed by atoms with E-state index in [1.54, 1.807) is 24.3 Å². The SMILES string of the molecule is O=C(CCCS(=O)(=O)Cc1ccccc1)Nc1ccc(F)cc1. The summed E-state index contributed by atoms with van der Waals surface area (Å²) in [6, 6.07) is 14.4. The molecule has 0 atom stereocenters. The topological polar surface area (TPSA) is 63.2 Å². The van der Waals surface area contributed by atoms with Gasteiger partial charge in [-0.3, -0.25) is 4.79 Å². The second-order valence-electron chi connectivity index (χ2n) is 5.24. The van der Waals surface area contributed by atoms with E-state index in [0.717, 1.165) is 5.56 Å². The predicted molar refractivity (Wildman–Crippen MR) is 88.2 cm³/mol. The van der Waals surface area contributed by atoms with Crippen LogP contribution in [0.1, 0.15) is 18.4 Å². The molecule has 0 aromatic heterocycles. The Morgan fingerprint density at radius 3 is 2.30 bits per heavy atom. The van der Waals surface area contributed by atoms with Crippen LogP contribution in [0.25, 0.3) is 0 Å². The van der Waals surface area contributed by atoms with Crippen LogP contribution in [0.15, 0.2) is 54.6 Å². The van der Waals surface area contributed by atoms with E-state index >= 15 is 0 Å². The number of nitrogens with one attached hydrogen (secondary N) is 1. The van der Waals surface area contributed by atoms with Crippen molar-refractivity contribution in [2.45, 2.75) is 18.6 Å². The fourth-order valence-corrected chi connectivity index (χ4v) is 3.54. The van der Waals surface area contributed by atoms with E-state index in [4.69, 9.17) is 0 Å². The highest BCUT2D eigenvalue weighted by Gasteiger charge is 2.13. The molecule has 0 spiro atoms. The zero-order chi connectivity index (χ0) is 16.7. The molecule has 0 heterocycles. The molecule has 0 radical (unpaired) electrons. The molecule has 0 saturated heterocycles. The van der Waals surface area contributed by atoms with Crippen LogP contribution >= 0.6 is 0 Å². The van der Waals surface area contributed by atoms with Gasteiger partial charge in [-0.05, 0) is 36.2 Å². The van der Waals surface area contributed by atoms with Gasteiger partial charge in [-0.2, -0.15) is 0 Å². The maximum absolute atomic E-state index is 12.8. The highest BCUT2D eigenvalue weighted by Crippen LogP contribution is 2.11. The predicted octanol–water partition coefficient (Wildman–Crippen LogP) is 3.16. The van der Waals surface area contributed by atoms with Crippen molar-refractivity contribution in [3.8, 4) is 0 Å². The summed E-state index contributed by atoms with van der Waals surface area (Å²) in [5.41, 5.74) is 1.23. The fourth-order valence-electron chi connectivity index (χ4n) is 2.11. The molecule has 6 heteroatoms. The van der Waals surface area contributed by atoms with Gasteiger partial charge in [0.2, 0.25) is 5.91 Å². The monoisotopic (exact) mass is 335 g/mol. The van der Waals surface area contributed by atoms with Crippen LogP contribution in [-0.2, 0) is 20.4 Å². The van der Waals surface area contributed by atoms with Gasteiger partial charge in [-0.1, -0.05) is 30.3 Å². The lowest BCUT2D eigenvalue weighted by molar-refractivity contribution is -0.116. The Balaban J connectivity index is 1.77. The molecule has 0 aliphatic heterocycles. The summed E-state index contributed by atoms with van der Waals surface area (Å²) < 4.78 is 36.8. The van der Waals surface area contributed by atoms with E-state index in [9.17, 15) is 17.6 Å². The number of amides is 1. The quantitative estimate of drug-likeness (QED) is 0.845. The van der Waals surface area contributed by atoms with Crippen molar-refractivity contribution in [2.75, 3.05) is 11.1 Å². The molecule has 2 rings (SSSR count). The zero-order valence-electron chi connectivity index (χ0n) is 12.5. The van der Waals surface area contributed by atoms with Crippen molar-refractivity contribution < 1.29 is 17.6 Å². The second kappa shape index (κ2) is 7.87. The highest BCUT2D eigenvalue weighted by atomic mass is 32.2. The molecular formula is C17H18FNO3S. The Kier molecular flexibility index (Phi) is 5.87. The molecule has 0 fully saturated rings. The van der Waals surface area contributed by atoms with Crippen molar-refractivity contribution in [1.29, 1.82) is 0 Å². The first-order valence-corrected chi connectivity index (χ1v) is 9.06. The molecule has 0 unspecified atom stereocenters. The van der Waals surface area contributed by atoms with Gasteiger partial charge in [0.1, 0.15) is 5.82 Å². The molecule has 2 aromatic rings. The van der Waals surface area contributed by atoms with Gasteiger partial charge >= 0.3 is 0 Å². The van der Waals surface area contributed by atoms with E-state index < -0.39 is 9.84 Å². The summed E-state index contributed by atoms with van der Waals surface area (Å²) in [4.78, 5) is 11.7. The van der Waals surface area contributed by atoms with Crippen molar-refractivity contribution in [3.05, 3.63) is 66.0 Å². The lowest BCUT2D eigenvalue weighted by Gasteiger charge is -2.06. The van der Waals surface area contributed by atoms with Gasteiger partial charge in [-0.25, -0.2) is 12.8 Å². The third-order valence-corrected chi connectivity index (χ3v) is 4.90. The first kappa shape index (κ1) is 17.1. The molecule has 2 aromatic carbocycles. The van der Waals surface area contributed by atoms with Crippen molar-refractivity contribution in [3.63, 3.8) is 0 Å². The van der Waals surface area contributed by atoms with Crippen molar-refractivity contribution >= 4 is 21.4 Å². The molecular weight excluding hydrogens is 317 g/mol. The molecule has 0 aliphatic rings. The molecule has 23 heavy (non-hydrogen) atoms. The Morgan fingerprint density at radius 1 is 1.00 bits per heavy atom. The minimum atomic E-state index is -3.24. The molecule has 0 bridgehead atoms. The van der Waals surface area contributed by atoms with Gasteiger partial charge in [0.25, 0.3) is 0 Å². The average Bonchev–Trinajstić information content (AvgIpc) is 2.50. The number of halogens is 1. The number of sulfone groups is 1. The molecule has 1 N–H and O–H groups in total. The third kappa shape index (κ3) is 6.20. The Hall–Kier alpha value is -2.21. The normalized spacial score (nSPS) is 11.2. The lowest BCUT2D eigenvalue weighted by atomic mass is 10.2. The van der Waals surface area contributed by atoms with Crippen LogP contribution in [-0.4, -0.2) is 20.1 Å². The van der Waals surface area contributed by atoms with E-state index in [-0.39, 0.29) is 36.1 Å². The standard InChI is InChI=1S/C17H18FNO3S/c18-15-8-10-16(11-9-15)19-17(20)7-4-12-23(21,22)13-14-5-2-1-3-6-14/h1-3,5-6,8-11H,4,7,12-13H2,(H,19,20). The number of benzene rings is 2.